The number of thiophene rings is 1. The molecule has 0 unspecified atom stereocenters. The van der Waals surface area contributed by atoms with Crippen LogP contribution in [0.15, 0.2) is 41.8 Å². The molecule has 3 rings (SSSR count). The second-order valence-electron chi connectivity index (χ2n) is 5.80. The Hall–Kier alpha value is -2.93. The van der Waals surface area contributed by atoms with Crippen molar-refractivity contribution < 1.29 is 9.59 Å². The zero-order valence-corrected chi connectivity index (χ0v) is 15.0. The highest BCUT2D eigenvalue weighted by Gasteiger charge is 2.16. The average molecular weight is 354 g/mol. The molecular weight excluding hydrogens is 336 g/mol. The summed E-state index contributed by atoms with van der Waals surface area (Å²) in [5, 5.41) is 11.6. The molecule has 2 amide bonds. The van der Waals surface area contributed by atoms with Gasteiger partial charge in [0.05, 0.1) is 4.88 Å². The van der Waals surface area contributed by atoms with Gasteiger partial charge in [-0.25, -0.2) is 0 Å². The van der Waals surface area contributed by atoms with Crippen molar-refractivity contribution in [2.45, 2.75) is 13.8 Å². The molecule has 25 heavy (non-hydrogen) atoms. The van der Waals surface area contributed by atoms with Crippen LogP contribution in [0.4, 0.5) is 11.5 Å². The van der Waals surface area contributed by atoms with Gasteiger partial charge in [0.25, 0.3) is 11.8 Å². The first-order valence-electron chi connectivity index (χ1n) is 7.71. The van der Waals surface area contributed by atoms with E-state index in [4.69, 9.17) is 0 Å². The van der Waals surface area contributed by atoms with Crippen LogP contribution in [0.5, 0.6) is 0 Å². The quantitative estimate of drug-likeness (QED) is 0.751. The normalized spacial score (nSPS) is 10.5. The second kappa shape index (κ2) is 6.90. The number of hydrogen-bond acceptors (Lipinski definition) is 4. The lowest BCUT2D eigenvalue weighted by Gasteiger charge is -2.05. The first-order chi connectivity index (χ1) is 11.9. The standard InChI is InChI=1S/C18H18N4O2S/c1-11-7-12(2)9-13(8-11)19-17(23)14-10-16(22(3)21-14)20-18(24)15-5-4-6-25-15/h4-10H,1-3H3,(H,19,23)(H,20,24). The van der Waals surface area contributed by atoms with E-state index < -0.39 is 0 Å². The van der Waals surface area contributed by atoms with Gasteiger partial charge in [0.15, 0.2) is 5.69 Å². The van der Waals surface area contributed by atoms with Crippen LogP contribution in [0.25, 0.3) is 0 Å². The lowest BCUT2D eigenvalue weighted by molar-refractivity contribution is 0.101. The van der Waals surface area contributed by atoms with Crippen molar-refractivity contribution in [1.82, 2.24) is 9.78 Å². The predicted molar refractivity (Wildman–Crippen MR) is 99.3 cm³/mol. The van der Waals surface area contributed by atoms with Crippen LogP contribution in [-0.2, 0) is 7.05 Å². The second-order valence-corrected chi connectivity index (χ2v) is 6.75. The Morgan fingerprint density at radius 2 is 1.76 bits per heavy atom. The number of rotatable bonds is 4. The highest BCUT2D eigenvalue weighted by molar-refractivity contribution is 7.12. The van der Waals surface area contributed by atoms with Crippen LogP contribution in [0.3, 0.4) is 0 Å². The van der Waals surface area contributed by atoms with Gasteiger partial charge in [-0.2, -0.15) is 5.10 Å². The summed E-state index contributed by atoms with van der Waals surface area (Å²) in [4.78, 5) is 25.1. The fraction of sp³-hybridized carbons (Fsp3) is 0.167. The molecule has 6 nitrogen and oxygen atoms in total. The monoisotopic (exact) mass is 354 g/mol. The van der Waals surface area contributed by atoms with E-state index in [2.05, 4.69) is 15.7 Å². The van der Waals surface area contributed by atoms with Gasteiger partial charge in [0.2, 0.25) is 0 Å². The van der Waals surface area contributed by atoms with Gasteiger partial charge >= 0.3 is 0 Å². The van der Waals surface area contributed by atoms with Crippen molar-refractivity contribution in [2.24, 2.45) is 7.05 Å². The number of carbonyl (C=O) groups excluding carboxylic acids is 2. The van der Waals surface area contributed by atoms with Gasteiger partial charge in [0.1, 0.15) is 5.82 Å². The Kier molecular flexibility index (Phi) is 4.67. The average Bonchev–Trinajstić information content (AvgIpc) is 3.17. The molecular formula is C18H18N4O2S. The fourth-order valence-electron chi connectivity index (χ4n) is 2.52. The summed E-state index contributed by atoms with van der Waals surface area (Å²) >= 11 is 1.35. The first-order valence-corrected chi connectivity index (χ1v) is 8.59. The van der Waals surface area contributed by atoms with E-state index in [0.29, 0.717) is 10.7 Å². The highest BCUT2D eigenvalue weighted by Crippen LogP contribution is 2.17. The predicted octanol–water partition coefficient (Wildman–Crippen LogP) is 3.60. The SMILES string of the molecule is Cc1cc(C)cc(NC(=O)c2cc(NC(=O)c3cccs3)n(C)n2)c1. The molecule has 0 aliphatic heterocycles. The van der Waals surface area contributed by atoms with Crippen molar-refractivity contribution >= 4 is 34.7 Å². The number of aromatic nitrogens is 2. The van der Waals surface area contributed by atoms with Crippen LogP contribution in [0.1, 0.15) is 31.3 Å². The molecule has 0 fully saturated rings. The number of nitrogens with zero attached hydrogens (tertiary/aromatic N) is 2. The van der Waals surface area contributed by atoms with E-state index >= 15 is 0 Å². The Morgan fingerprint density at radius 3 is 2.40 bits per heavy atom. The number of carbonyl (C=O) groups is 2. The van der Waals surface area contributed by atoms with Crippen LogP contribution in [0, 0.1) is 13.8 Å². The molecule has 0 radical (unpaired) electrons. The largest absolute Gasteiger partial charge is 0.321 e. The molecule has 3 aromatic rings. The molecule has 0 atom stereocenters. The van der Waals surface area contributed by atoms with Crippen molar-refractivity contribution in [1.29, 1.82) is 0 Å². The number of benzene rings is 1. The summed E-state index contributed by atoms with van der Waals surface area (Å²) in [6, 6.07) is 10.9. The van der Waals surface area contributed by atoms with Crippen molar-refractivity contribution in [3.05, 3.63) is 63.5 Å². The van der Waals surface area contributed by atoms with E-state index in [9.17, 15) is 9.59 Å². The molecule has 0 aliphatic rings. The van der Waals surface area contributed by atoms with Crippen molar-refractivity contribution in [3.63, 3.8) is 0 Å². The van der Waals surface area contributed by atoms with E-state index in [1.165, 1.54) is 16.0 Å². The summed E-state index contributed by atoms with van der Waals surface area (Å²) in [7, 11) is 1.68. The van der Waals surface area contributed by atoms with Crippen LogP contribution in [0.2, 0.25) is 0 Å². The summed E-state index contributed by atoms with van der Waals surface area (Å²) in [5.41, 5.74) is 3.10. The molecule has 2 N–H and O–H groups in total. The zero-order chi connectivity index (χ0) is 18.0. The topological polar surface area (TPSA) is 76.0 Å². The molecule has 7 heteroatoms. The minimum atomic E-state index is -0.322. The zero-order valence-electron chi connectivity index (χ0n) is 14.2. The summed E-state index contributed by atoms with van der Waals surface area (Å²) in [6.07, 6.45) is 0. The van der Waals surface area contributed by atoms with E-state index in [-0.39, 0.29) is 17.5 Å². The minimum absolute atomic E-state index is 0.223. The summed E-state index contributed by atoms with van der Waals surface area (Å²) in [6.45, 7) is 3.95. The van der Waals surface area contributed by atoms with Crippen LogP contribution >= 0.6 is 11.3 Å². The van der Waals surface area contributed by atoms with Crippen LogP contribution < -0.4 is 10.6 Å². The molecule has 0 bridgehead atoms. The Labute approximate surface area is 149 Å². The summed E-state index contributed by atoms with van der Waals surface area (Å²) in [5.74, 6) is -0.0829. The fourth-order valence-corrected chi connectivity index (χ4v) is 3.14. The molecule has 2 heterocycles. The third-order valence-electron chi connectivity index (χ3n) is 3.58. The number of amides is 2. The molecule has 0 saturated heterocycles. The molecule has 0 spiro atoms. The maximum absolute atomic E-state index is 12.4. The van der Waals surface area contributed by atoms with Gasteiger partial charge in [-0.3, -0.25) is 14.3 Å². The summed E-state index contributed by atoms with van der Waals surface area (Å²) < 4.78 is 1.47. The van der Waals surface area contributed by atoms with E-state index in [0.717, 1.165) is 16.8 Å². The van der Waals surface area contributed by atoms with Gasteiger partial charge in [-0.1, -0.05) is 12.1 Å². The first kappa shape index (κ1) is 16.9. The molecule has 0 saturated carbocycles. The molecule has 2 aromatic heterocycles. The number of anilines is 2. The molecule has 1 aromatic carbocycles. The number of aryl methyl sites for hydroxylation is 3. The van der Waals surface area contributed by atoms with Gasteiger partial charge < -0.3 is 10.6 Å². The third-order valence-corrected chi connectivity index (χ3v) is 4.45. The van der Waals surface area contributed by atoms with Gasteiger partial charge in [-0.05, 0) is 48.6 Å². The Morgan fingerprint density at radius 1 is 1.04 bits per heavy atom. The van der Waals surface area contributed by atoms with Crippen molar-refractivity contribution in [2.75, 3.05) is 10.6 Å². The molecule has 0 aliphatic carbocycles. The maximum Gasteiger partial charge on any atom is 0.276 e. The van der Waals surface area contributed by atoms with Crippen LogP contribution in [-0.4, -0.2) is 21.6 Å². The highest BCUT2D eigenvalue weighted by atomic mass is 32.1. The lowest BCUT2D eigenvalue weighted by Crippen LogP contribution is -2.13. The molecule has 128 valence electrons. The minimum Gasteiger partial charge on any atom is -0.321 e. The Balaban J connectivity index is 1.75. The smallest absolute Gasteiger partial charge is 0.276 e. The van der Waals surface area contributed by atoms with E-state index in [1.54, 1.807) is 19.2 Å². The van der Waals surface area contributed by atoms with Gasteiger partial charge in [-0.15, -0.1) is 11.3 Å². The number of hydrogen-bond donors (Lipinski definition) is 2. The van der Waals surface area contributed by atoms with Crippen molar-refractivity contribution in [3.8, 4) is 0 Å². The number of nitrogens with one attached hydrogen (secondary N) is 2. The van der Waals surface area contributed by atoms with Gasteiger partial charge in [0, 0.05) is 18.8 Å². The van der Waals surface area contributed by atoms with E-state index in [1.807, 2.05) is 43.5 Å². The third kappa shape index (κ3) is 3.95. The maximum atomic E-state index is 12.4. The lowest BCUT2D eigenvalue weighted by atomic mass is 10.1. The Bertz CT molecular complexity index is 908.